The van der Waals surface area contributed by atoms with Crippen LogP contribution in [-0.4, -0.2) is 11.7 Å². The molecule has 0 bridgehead atoms. The average molecular weight is 289 g/mol. The van der Waals surface area contributed by atoms with Gasteiger partial charge in [0.05, 0.1) is 5.02 Å². The van der Waals surface area contributed by atoms with Crippen molar-refractivity contribution in [3.05, 3.63) is 34.6 Å². The highest BCUT2D eigenvalue weighted by Crippen LogP contribution is 2.20. The van der Waals surface area contributed by atoms with Crippen molar-refractivity contribution in [1.29, 1.82) is 0 Å². The molecule has 1 amide bonds. The highest BCUT2D eigenvalue weighted by molar-refractivity contribution is 6.30. The van der Waals surface area contributed by atoms with E-state index < -0.39 is 17.5 Å². The fourth-order valence-corrected chi connectivity index (χ4v) is 1.52. The van der Waals surface area contributed by atoms with Crippen molar-refractivity contribution >= 4 is 17.7 Å². The van der Waals surface area contributed by atoms with Gasteiger partial charge in [-0.1, -0.05) is 17.7 Å². The maximum Gasteiger partial charge on any atom is 0.422 e. The molecule has 0 aromatic heterocycles. The van der Waals surface area contributed by atoms with E-state index in [4.69, 9.17) is 16.3 Å². The molecule has 1 aromatic carbocycles. The number of hydrazine groups is 1. The second-order valence-corrected chi connectivity index (χ2v) is 5.57. The molecule has 0 aliphatic carbocycles. The van der Waals surface area contributed by atoms with E-state index in [9.17, 15) is 9.18 Å². The first-order valence-corrected chi connectivity index (χ1v) is 6.26. The second-order valence-electron chi connectivity index (χ2n) is 5.17. The van der Waals surface area contributed by atoms with Crippen LogP contribution in [0.2, 0.25) is 5.02 Å². The third-order valence-electron chi connectivity index (χ3n) is 2.23. The van der Waals surface area contributed by atoms with Crippen LogP contribution < -0.4 is 10.9 Å². The molecule has 4 nitrogen and oxygen atoms in total. The van der Waals surface area contributed by atoms with Gasteiger partial charge in [-0.3, -0.25) is 5.43 Å². The lowest BCUT2D eigenvalue weighted by Gasteiger charge is -2.21. The lowest BCUT2D eigenvalue weighted by Crippen LogP contribution is -2.42. The van der Waals surface area contributed by atoms with E-state index in [0.717, 1.165) is 5.56 Å². The number of rotatable bonds is 3. The summed E-state index contributed by atoms with van der Waals surface area (Å²) in [5.41, 5.74) is 5.38. The summed E-state index contributed by atoms with van der Waals surface area (Å²) in [5.74, 6) is -0.474. The van der Waals surface area contributed by atoms with Crippen molar-refractivity contribution in [3.8, 4) is 0 Å². The molecule has 0 fully saturated rings. The van der Waals surface area contributed by atoms with Gasteiger partial charge in [-0.2, -0.15) is 0 Å². The van der Waals surface area contributed by atoms with Gasteiger partial charge in [0.1, 0.15) is 11.4 Å². The van der Waals surface area contributed by atoms with E-state index in [1.54, 1.807) is 33.8 Å². The first-order valence-electron chi connectivity index (χ1n) is 5.88. The molecule has 6 heteroatoms. The van der Waals surface area contributed by atoms with Gasteiger partial charge in [0.2, 0.25) is 0 Å². The summed E-state index contributed by atoms with van der Waals surface area (Å²) in [6.45, 7) is 7.13. The zero-order valence-corrected chi connectivity index (χ0v) is 12.1. The Kier molecular flexibility index (Phi) is 5.14. The number of hydrogen-bond acceptors (Lipinski definition) is 3. The van der Waals surface area contributed by atoms with Crippen molar-refractivity contribution in [3.63, 3.8) is 0 Å². The minimum absolute atomic E-state index is 0.0448. The van der Waals surface area contributed by atoms with Crippen LogP contribution in [0.25, 0.3) is 0 Å². The number of nitrogens with one attached hydrogen (secondary N) is 2. The summed E-state index contributed by atoms with van der Waals surface area (Å²) >= 11 is 5.69. The minimum Gasteiger partial charge on any atom is -0.443 e. The van der Waals surface area contributed by atoms with Crippen LogP contribution in [-0.2, 0) is 4.74 Å². The Hall–Kier alpha value is -1.33. The Morgan fingerprint density at radius 2 is 2.05 bits per heavy atom. The summed E-state index contributed by atoms with van der Waals surface area (Å²) in [6, 6.07) is 4.15. The van der Waals surface area contributed by atoms with E-state index in [-0.39, 0.29) is 11.1 Å². The average Bonchev–Trinajstić information content (AvgIpc) is 2.27. The maximum atomic E-state index is 13.0. The van der Waals surface area contributed by atoms with E-state index in [2.05, 4.69) is 10.9 Å². The topological polar surface area (TPSA) is 50.4 Å². The highest BCUT2D eigenvalue weighted by atomic mass is 35.5. The molecular formula is C13H18ClFN2O2. The Morgan fingerprint density at radius 1 is 1.42 bits per heavy atom. The largest absolute Gasteiger partial charge is 0.443 e. The van der Waals surface area contributed by atoms with E-state index in [0.29, 0.717) is 0 Å². The number of benzene rings is 1. The first kappa shape index (κ1) is 15.7. The molecule has 106 valence electrons. The molecule has 0 aliphatic heterocycles. The summed E-state index contributed by atoms with van der Waals surface area (Å²) in [5, 5.41) is 0.0448. The second kappa shape index (κ2) is 6.21. The molecule has 0 radical (unpaired) electrons. The standard InChI is InChI=1S/C13H18ClFN2O2/c1-8(9-5-6-11(15)10(14)7-9)16-17-12(18)19-13(2,3)4/h5-8,16H,1-4H3,(H,17,18). The van der Waals surface area contributed by atoms with Crippen LogP contribution in [0.4, 0.5) is 9.18 Å². The number of hydrogen-bond donors (Lipinski definition) is 2. The normalized spacial score (nSPS) is 12.9. The molecule has 0 saturated heterocycles. The van der Waals surface area contributed by atoms with Crippen LogP contribution in [0.3, 0.4) is 0 Å². The number of halogens is 2. The highest BCUT2D eigenvalue weighted by Gasteiger charge is 2.16. The van der Waals surface area contributed by atoms with Crippen LogP contribution in [0, 0.1) is 5.82 Å². The molecule has 2 N–H and O–H groups in total. The third-order valence-corrected chi connectivity index (χ3v) is 2.52. The smallest absolute Gasteiger partial charge is 0.422 e. The molecule has 1 atom stereocenters. The van der Waals surface area contributed by atoms with Gasteiger partial charge in [0, 0.05) is 6.04 Å². The SMILES string of the molecule is CC(NNC(=O)OC(C)(C)C)c1ccc(F)c(Cl)c1. The first-order chi connectivity index (χ1) is 8.69. The maximum absolute atomic E-state index is 13.0. The molecule has 0 aliphatic rings. The molecule has 0 spiro atoms. The molecule has 1 rings (SSSR count). The quantitative estimate of drug-likeness (QED) is 0.836. The fraction of sp³-hybridized carbons (Fsp3) is 0.462. The zero-order chi connectivity index (χ0) is 14.6. The van der Waals surface area contributed by atoms with Crippen LogP contribution >= 0.6 is 11.6 Å². The van der Waals surface area contributed by atoms with Gasteiger partial charge in [0.25, 0.3) is 0 Å². The number of amides is 1. The monoisotopic (exact) mass is 288 g/mol. The fourth-order valence-electron chi connectivity index (χ4n) is 1.34. The van der Waals surface area contributed by atoms with Crippen LogP contribution in [0.5, 0.6) is 0 Å². The van der Waals surface area contributed by atoms with Gasteiger partial charge in [-0.05, 0) is 45.4 Å². The molecule has 1 unspecified atom stereocenters. The summed E-state index contributed by atoms with van der Waals surface area (Å²) in [6.07, 6.45) is -0.576. The van der Waals surface area contributed by atoms with E-state index >= 15 is 0 Å². The summed E-state index contributed by atoms with van der Waals surface area (Å²) in [4.78, 5) is 11.4. The van der Waals surface area contributed by atoms with Crippen molar-refractivity contribution in [2.45, 2.75) is 39.3 Å². The zero-order valence-electron chi connectivity index (χ0n) is 11.4. The van der Waals surface area contributed by atoms with Gasteiger partial charge < -0.3 is 4.74 Å². The molecular weight excluding hydrogens is 271 g/mol. The predicted octanol–water partition coefficient (Wildman–Crippen LogP) is 3.57. The van der Waals surface area contributed by atoms with Gasteiger partial charge in [-0.25, -0.2) is 14.6 Å². The van der Waals surface area contributed by atoms with Crippen molar-refractivity contribution in [1.82, 2.24) is 10.9 Å². The lowest BCUT2D eigenvalue weighted by atomic mass is 10.1. The van der Waals surface area contributed by atoms with Crippen molar-refractivity contribution in [2.75, 3.05) is 0 Å². The molecule has 0 saturated carbocycles. The van der Waals surface area contributed by atoms with Crippen molar-refractivity contribution < 1.29 is 13.9 Å². The van der Waals surface area contributed by atoms with Gasteiger partial charge in [0.15, 0.2) is 0 Å². The Labute approximate surface area is 117 Å². The third kappa shape index (κ3) is 5.44. The Bertz CT molecular complexity index is 460. The Morgan fingerprint density at radius 3 is 2.58 bits per heavy atom. The Balaban J connectivity index is 2.53. The summed E-state index contributed by atoms with van der Waals surface area (Å²) in [7, 11) is 0. The lowest BCUT2D eigenvalue weighted by molar-refractivity contribution is 0.0489. The number of carbonyl (C=O) groups excluding carboxylic acids is 1. The molecule has 1 aromatic rings. The van der Waals surface area contributed by atoms with Crippen LogP contribution in [0.15, 0.2) is 18.2 Å². The van der Waals surface area contributed by atoms with Gasteiger partial charge >= 0.3 is 6.09 Å². The summed E-state index contributed by atoms with van der Waals surface area (Å²) < 4.78 is 18.1. The van der Waals surface area contributed by atoms with Gasteiger partial charge in [-0.15, -0.1) is 0 Å². The molecule has 19 heavy (non-hydrogen) atoms. The van der Waals surface area contributed by atoms with Crippen molar-refractivity contribution in [2.24, 2.45) is 0 Å². The van der Waals surface area contributed by atoms with E-state index in [1.165, 1.54) is 12.1 Å². The number of carbonyl (C=O) groups is 1. The molecule has 0 heterocycles. The minimum atomic E-state index is -0.576. The number of ether oxygens (including phenoxy) is 1. The predicted molar refractivity (Wildman–Crippen MR) is 72.3 cm³/mol. The van der Waals surface area contributed by atoms with Crippen LogP contribution in [0.1, 0.15) is 39.3 Å². The van der Waals surface area contributed by atoms with E-state index in [1.807, 2.05) is 0 Å².